The van der Waals surface area contributed by atoms with Crippen molar-refractivity contribution in [2.24, 2.45) is 11.7 Å². The van der Waals surface area contributed by atoms with E-state index in [4.69, 9.17) is 5.73 Å². The molecule has 0 aliphatic carbocycles. The number of carbonyl (C=O) groups is 1. The maximum Gasteiger partial charge on any atom is 0.240 e. The molecule has 0 unspecified atom stereocenters. The summed E-state index contributed by atoms with van der Waals surface area (Å²) >= 11 is 0. The Balaban J connectivity index is 3.01. The maximum absolute atomic E-state index is 13.0. The van der Waals surface area contributed by atoms with Crippen LogP contribution in [0.1, 0.15) is 46.2 Å². The number of amides is 1. The van der Waals surface area contributed by atoms with Gasteiger partial charge < -0.3 is 10.6 Å². The zero-order valence-electron chi connectivity index (χ0n) is 12.9. The lowest BCUT2D eigenvalue weighted by Gasteiger charge is -2.36. The molecule has 1 aromatic carbocycles. The number of rotatable bonds is 5. The Morgan fingerprint density at radius 3 is 2.00 bits per heavy atom. The van der Waals surface area contributed by atoms with Crippen molar-refractivity contribution < 1.29 is 9.18 Å². The van der Waals surface area contributed by atoms with Crippen molar-refractivity contribution in [3.63, 3.8) is 0 Å². The monoisotopic (exact) mass is 280 g/mol. The standard InChI is InChI=1S/C16H25FN2O/c1-10(2)15(18)16(20)19(11(3)4)12(5)13-6-8-14(17)9-7-13/h6-12,15H,18H2,1-5H3/t12-,15-/m0/s1. The van der Waals surface area contributed by atoms with Gasteiger partial charge in [-0.25, -0.2) is 4.39 Å². The van der Waals surface area contributed by atoms with E-state index in [0.29, 0.717) is 0 Å². The first-order valence-electron chi connectivity index (χ1n) is 7.09. The lowest BCUT2D eigenvalue weighted by atomic mass is 9.99. The van der Waals surface area contributed by atoms with Gasteiger partial charge in [-0.1, -0.05) is 26.0 Å². The summed E-state index contributed by atoms with van der Waals surface area (Å²) in [5.74, 6) is -0.252. The largest absolute Gasteiger partial charge is 0.332 e. The van der Waals surface area contributed by atoms with E-state index < -0.39 is 6.04 Å². The molecule has 0 aliphatic rings. The third-order valence-corrected chi connectivity index (χ3v) is 3.58. The van der Waals surface area contributed by atoms with Crippen LogP contribution in [0.25, 0.3) is 0 Å². The van der Waals surface area contributed by atoms with Crippen LogP contribution in [0.2, 0.25) is 0 Å². The van der Waals surface area contributed by atoms with E-state index >= 15 is 0 Å². The third-order valence-electron chi connectivity index (χ3n) is 3.58. The van der Waals surface area contributed by atoms with Crippen molar-refractivity contribution in [2.45, 2.75) is 52.7 Å². The first-order chi connectivity index (χ1) is 9.25. The number of carbonyl (C=O) groups excluding carboxylic acids is 1. The number of nitrogens with two attached hydrogens (primary N) is 1. The minimum Gasteiger partial charge on any atom is -0.332 e. The Hall–Kier alpha value is -1.42. The van der Waals surface area contributed by atoms with E-state index in [-0.39, 0.29) is 29.7 Å². The summed E-state index contributed by atoms with van der Waals surface area (Å²) in [6.07, 6.45) is 0. The van der Waals surface area contributed by atoms with E-state index in [1.54, 1.807) is 17.0 Å². The number of halogens is 1. The van der Waals surface area contributed by atoms with E-state index in [0.717, 1.165) is 5.56 Å². The predicted molar refractivity (Wildman–Crippen MR) is 79.6 cm³/mol. The van der Waals surface area contributed by atoms with Gasteiger partial charge in [0.05, 0.1) is 12.1 Å². The summed E-state index contributed by atoms with van der Waals surface area (Å²) in [4.78, 5) is 14.3. The van der Waals surface area contributed by atoms with Crippen LogP contribution >= 0.6 is 0 Å². The SMILES string of the molecule is CC(C)[C@H](N)C(=O)N(C(C)C)[C@@H](C)c1ccc(F)cc1. The second kappa shape index (κ2) is 6.84. The van der Waals surface area contributed by atoms with Gasteiger partial charge in [-0.15, -0.1) is 0 Å². The summed E-state index contributed by atoms with van der Waals surface area (Å²) in [7, 11) is 0. The van der Waals surface area contributed by atoms with Crippen molar-refractivity contribution in [3.8, 4) is 0 Å². The van der Waals surface area contributed by atoms with Crippen molar-refractivity contribution >= 4 is 5.91 Å². The van der Waals surface area contributed by atoms with Gasteiger partial charge in [-0.2, -0.15) is 0 Å². The first-order valence-corrected chi connectivity index (χ1v) is 7.09. The highest BCUT2D eigenvalue weighted by molar-refractivity contribution is 5.82. The highest BCUT2D eigenvalue weighted by Gasteiger charge is 2.29. The molecule has 0 saturated heterocycles. The van der Waals surface area contributed by atoms with Gasteiger partial charge in [0.15, 0.2) is 0 Å². The minimum atomic E-state index is -0.514. The van der Waals surface area contributed by atoms with Crippen LogP contribution in [0, 0.1) is 11.7 Å². The van der Waals surface area contributed by atoms with Crippen molar-refractivity contribution in [2.75, 3.05) is 0 Å². The van der Waals surface area contributed by atoms with Crippen LogP contribution in [0.4, 0.5) is 4.39 Å². The molecule has 112 valence electrons. The fourth-order valence-electron chi connectivity index (χ4n) is 2.25. The van der Waals surface area contributed by atoms with Crippen LogP contribution in [0.3, 0.4) is 0 Å². The molecule has 4 heteroatoms. The second-order valence-electron chi connectivity index (χ2n) is 5.84. The summed E-state index contributed by atoms with van der Waals surface area (Å²) in [5.41, 5.74) is 6.89. The predicted octanol–water partition coefficient (Wildman–Crippen LogP) is 3.11. The molecular formula is C16H25FN2O. The van der Waals surface area contributed by atoms with Gasteiger partial charge in [-0.05, 0) is 44.4 Å². The van der Waals surface area contributed by atoms with Crippen molar-refractivity contribution in [1.82, 2.24) is 4.90 Å². The second-order valence-corrected chi connectivity index (χ2v) is 5.84. The molecule has 0 fully saturated rings. The normalized spacial score (nSPS) is 14.4. The molecule has 20 heavy (non-hydrogen) atoms. The van der Waals surface area contributed by atoms with Crippen molar-refractivity contribution in [3.05, 3.63) is 35.6 Å². The lowest BCUT2D eigenvalue weighted by molar-refractivity contribution is -0.137. The quantitative estimate of drug-likeness (QED) is 0.901. The number of nitrogens with zero attached hydrogens (tertiary/aromatic N) is 1. The minimum absolute atomic E-state index is 0.0346. The van der Waals surface area contributed by atoms with Crippen LogP contribution < -0.4 is 5.73 Å². The molecule has 0 heterocycles. The van der Waals surface area contributed by atoms with Crippen molar-refractivity contribution in [1.29, 1.82) is 0 Å². The van der Waals surface area contributed by atoms with Gasteiger partial charge in [0.1, 0.15) is 5.82 Å². The topological polar surface area (TPSA) is 46.3 Å². The average molecular weight is 280 g/mol. The molecule has 1 aromatic rings. The number of hydrogen-bond acceptors (Lipinski definition) is 2. The highest BCUT2D eigenvalue weighted by Crippen LogP contribution is 2.24. The molecular weight excluding hydrogens is 255 g/mol. The molecule has 3 nitrogen and oxygen atoms in total. The van der Waals surface area contributed by atoms with E-state index in [2.05, 4.69) is 0 Å². The molecule has 0 aromatic heterocycles. The van der Waals surface area contributed by atoms with E-state index in [9.17, 15) is 9.18 Å². The van der Waals surface area contributed by atoms with Gasteiger partial charge in [0, 0.05) is 6.04 Å². The van der Waals surface area contributed by atoms with Crippen LogP contribution in [0.15, 0.2) is 24.3 Å². The highest BCUT2D eigenvalue weighted by atomic mass is 19.1. The average Bonchev–Trinajstić information content (AvgIpc) is 2.37. The van der Waals surface area contributed by atoms with Crippen LogP contribution in [-0.2, 0) is 4.79 Å². The molecule has 0 radical (unpaired) electrons. The van der Waals surface area contributed by atoms with Gasteiger partial charge in [-0.3, -0.25) is 4.79 Å². The Morgan fingerprint density at radius 2 is 1.60 bits per heavy atom. The zero-order valence-corrected chi connectivity index (χ0v) is 12.9. The molecule has 0 bridgehead atoms. The Kier molecular flexibility index (Phi) is 5.69. The van der Waals surface area contributed by atoms with E-state index in [1.807, 2.05) is 34.6 Å². The molecule has 2 atom stereocenters. The fourth-order valence-corrected chi connectivity index (χ4v) is 2.25. The Morgan fingerprint density at radius 1 is 1.10 bits per heavy atom. The summed E-state index contributed by atoms with van der Waals surface area (Å²) in [6, 6.07) is 5.64. The Labute approximate surface area is 121 Å². The fraction of sp³-hybridized carbons (Fsp3) is 0.562. The number of benzene rings is 1. The van der Waals surface area contributed by atoms with Gasteiger partial charge in [0.25, 0.3) is 0 Å². The Bertz CT molecular complexity index is 442. The lowest BCUT2D eigenvalue weighted by Crippen LogP contribution is -2.50. The smallest absolute Gasteiger partial charge is 0.240 e. The van der Waals surface area contributed by atoms with Gasteiger partial charge >= 0.3 is 0 Å². The molecule has 0 aliphatic heterocycles. The summed E-state index contributed by atoms with van der Waals surface area (Å²) < 4.78 is 13.0. The third kappa shape index (κ3) is 3.79. The molecule has 1 rings (SSSR count). The molecule has 0 saturated carbocycles. The zero-order chi connectivity index (χ0) is 15.4. The summed E-state index contributed by atoms with van der Waals surface area (Å²) in [5, 5.41) is 0. The first kappa shape index (κ1) is 16.6. The molecule has 0 spiro atoms. The maximum atomic E-state index is 13.0. The molecule has 2 N–H and O–H groups in total. The summed E-state index contributed by atoms with van der Waals surface area (Å²) in [6.45, 7) is 9.74. The molecule has 1 amide bonds. The van der Waals surface area contributed by atoms with E-state index in [1.165, 1.54) is 12.1 Å². The van der Waals surface area contributed by atoms with Crippen LogP contribution in [0.5, 0.6) is 0 Å². The number of hydrogen-bond donors (Lipinski definition) is 1. The van der Waals surface area contributed by atoms with Gasteiger partial charge in [0.2, 0.25) is 5.91 Å². The van der Waals surface area contributed by atoms with Crippen LogP contribution in [-0.4, -0.2) is 22.9 Å².